The topological polar surface area (TPSA) is 18.5 Å². The van der Waals surface area contributed by atoms with Gasteiger partial charge in [-0.1, -0.05) is 171 Å². The van der Waals surface area contributed by atoms with Gasteiger partial charge in [0.2, 0.25) is 0 Å². The van der Waals surface area contributed by atoms with E-state index in [1.807, 2.05) is 88.4 Å². The Balaban J connectivity index is 0.000000169. The Kier molecular flexibility index (Phi) is 35.8. The van der Waals surface area contributed by atoms with Crippen molar-refractivity contribution in [1.82, 2.24) is 0 Å². The van der Waals surface area contributed by atoms with Gasteiger partial charge in [-0.2, -0.15) is 0 Å². The molecule has 0 aromatic heterocycles. The minimum absolute atomic E-state index is 0.524. The van der Waals surface area contributed by atoms with Crippen LogP contribution in [0, 0.1) is 152 Å². The zero-order valence-electron chi connectivity index (χ0n) is 74.1. The van der Waals surface area contributed by atoms with E-state index >= 15 is 0 Å². The molecular weight excluding hydrogens is 1670 g/mol. The molecule has 0 fully saturated rings. The first-order chi connectivity index (χ1) is 56.0. The molecule has 0 amide bonds. The van der Waals surface area contributed by atoms with Crippen molar-refractivity contribution < 1.29 is 9.47 Å². The number of ether oxygens (including phenoxy) is 2. The van der Waals surface area contributed by atoms with Crippen molar-refractivity contribution in [3.63, 3.8) is 0 Å². The molecule has 0 saturated heterocycles. The van der Waals surface area contributed by atoms with Gasteiger partial charge in [-0.25, -0.2) is 0 Å². The minimum Gasteiger partial charge on any atom is -0.490 e. The lowest BCUT2D eigenvalue weighted by Gasteiger charge is -2.36. The molecule has 0 radical (unpaired) electrons. The van der Waals surface area contributed by atoms with Crippen LogP contribution in [0.15, 0.2) is 296 Å². The lowest BCUT2D eigenvalue weighted by molar-refractivity contribution is 0.362. The van der Waals surface area contributed by atoms with Gasteiger partial charge in [0.05, 0.1) is 0 Å². The molecule has 12 heteroatoms. The second-order valence-corrected chi connectivity index (χ2v) is 42.5. The Hall–Kier alpha value is -6.65. The van der Waals surface area contributed by atoms with Crippen LogP contribution in [0.1, 0.15) is 143 Å². The van der Waals surface area contributed by atoms with Crippen LogP contribution in [0.5, 0.6) is 11.5 Å². The molecule has 0 N–H and O–H groups in total. The van der Waals surface area contributed by atoms with Crippen LogP contribution in [0.2, 0.25) is 0 Å². The number of thioether (sulfide) groups is 3. The second kappa shape index (κ2) is 44.4. The third-order valence-electron chi connectivity index (χ3n) is 20.5. The number of hydrogen-bond acceptors (Lipinski definition) is 11. The molecule has 1 heterocycles. The second-order valence-electron chi connectivity index (χ2n) is 31.6. The Labute approximate surface area is 756 Å². The van der Waals surface area contributed by atoms with Gasteiger partial charge in [0, 0.05) is 94.2 Å². The van der Waals surface area contributed by atoms with Crippen molar-refractivity contribution in [2.45, 2.75) is 257 Å². The van der Waals surface area contributed by atoms with Gasteiger partial charge >= 0.3 is 0 Å². The molecule has 11 aromatic carbocycles. The first-order valence-corrected chi connectivity index (χ1v) is 48.6. The molecule has 1 aliphatic heterocycles. The summed E-state index contributed by atoms with van der Waals surface area (Å²) in [6.45, 7) is 67.0. The fourth-order valence-corrected chi connectivity index (χ4v) is 25.7. The van der Waals surface area contributed by atoms with E-state index in [4.69, 9.17) is 9.47 Å². The van der Waals surface area contributed by atoms with Crippen molar-refractivity contribution in [2.24, 2.45) is 0 Å². The van der Waals surface area contributed by atoms with Crippen molar-refractivity contribution in [2.75, 3.05) is 19.0 Å². The van der Waals surface area contributed by atoms with Gasteiger partial charge < -0.3 is 9.47 Å². The van der Waals surface area contributed by atoms with Crippen molar-refractivity contribution >= 4 is 122 Å². The monoisotopic (exact) mass is 1790 g/mol. The van der Waals surface area contributed by atoms with Crippen LogP contribution in [0.4, 0.5) is 0 Å². The largest absolute Gasteiger partial charge is 0.490 e. The quantitative estimate of drug-likeness (QED) is 0.0506. The summed E-state index contributed by atoms with van der Waals surface area (Å²) in [6, 6.07) is 58.3. The summed E-state index contributed by atoms with van der Waals surface area (Å²) in [5, 5.41) is 1.20. The van der Waals surface area contributed by atoms with E-state index in [9.17, 15) is 0 Å². The van der Waals surface area contributed by atoms with Crippen molar-refractivity contribution in [3.8, 4) is 11.5 Å². The summed E-state index contributed by atoms with van der Waals surface area (Å²) in [6.07, 6.45) is 7.95. The summed E-state index contributed by atoms with van der Waals surface area (Å²) >= 11 is 20.7. The normalized spacial score (nSPS) is 13.2. The zero-order chi connectivity index (χ0) is 86.1. The van der Waals surface area contributed by atoms with Crippen LogP contribution < -0.4 is 9.47 Å². The number of rotatable bonds is 21. The van der Waals surface area contributed by atoms with Crippen LogP contribution in [0.25, 0.3) is 0 Å². The highest BCUT2D eigenvalue weighted by molar-refractivity contribution is 9.10. The zero-order valence-corrected chi connectivity index (χ0v) is 83.0. The molecule has 0 bridgehead atoms. The molecule has 11 aromatic rings. The predicted octanol–water partition coefficient (Wildman–Crippen LogP) is 34.5. The maximum Gasteiger partial charge on any atom is 0.120 e. The fourth-order valence-electron chi connectivity index (χ4n) is 14.3. The van der Waals surface area contributed by atoms with E-state index in [2.05, 4.69) is 396 Å². The molecule has 118 heavy (non-hydrogen) atoms. The first kappa shape index (κ1) is 95.2. The van der Waals surface area contributed by atoms with Gasteiger partial charge in [-0.15, -0.1) is 41.9 Å². The summed E-state index contributed by atoms with van der Waals surface area (Å²) in [5.41, 5.74) is 33.6. The number of benzene rings is 11. The molecular formula is C106H119BrO2S9. The van der Waals surface area contributed by atoms with E-state index < -0.39 is 0 Å². The van der Waals surface area contributed by atoms with E-state index in [0.29, 0.717) is 23.7 Å². The van der Waals surface area contributed by atoms with Crippen LogP contribution in [-0.2, 0) is 0 Å². The number of hydrogen-bond donors (Lipinski definition) is 0. The van der Waals surface area contributed by atoms with E-state index in [0.717, 1.165) is 17.3 Å². The molecule has 616 valence electrons. The lowest BCUT2D eigenvalue weighted by atomic mass is 9.93. The number of fused-ring (bicyclic) bond motifs is 2. The van der Waals surface area contributed by atoms with Crippen LogP contribution >= 0.6 is 122 Å². The van der Waals surface area contributed by atoms with Crippen LogP contribution in [0.3, 0.4) is 0 Å². The molecule has 1 aliphatic carbocycles. The molecule has 0 saturated carbocycles. The molecule has 2 nitrogen and oxygen atoms in total. The standard InChI is InChI=1S/C24H25BrS2.C23H24S2.C22H26O2S.C19H22S2.C18H22S2/c1-14-7-8-21(15(2)9-14)27-23-13-16(3)22(12-17(23)4)26-20-10-18(5)24(25)19(6)11-20;1-15-6-16(2)9-20(8-15)24-22-12-19(5)13-23(14-22)25-21-10-17(3)7-18(4)11-21;1-7-9-23-19-11-15(3)21(16(4)12-19)25-22-17(5)13-20(14-18(22)6)24-10-8-2;1-6-7-20-17-11-15(4)19(16(5)12-17)21-18-9-13(2)8-14(3)10-18;1-9-7-15-17(13(5)11(9)3)20-16-8-10(2)12(4)14(6)18(16)19-15/h7-13H,1-6H3;6-14H,1-5H3;7-8,11-14H,1-2,9-10H2,3-6H3;6,8-12H,1,7H2,2-5H3;7-8,15,17H,1-6H3. The Bertz CT molecular complexity index is 5290. The Morgan fingerprint density at radius 3 is 1.16 bits per heavy atom. The summed E-state index contributed by atoms with van der Waals surface area (Å²) in [5.74, 6) is 2.74. The smallest absolute Gasteiger partial charge is 0.120 e. The van der Waals surface area contributed by atoms with Gasteiger partial charge in [0.25, 0.3) is 0 Å². The summed E-state index contributed by atoms with van der Waals surface area (Å²) < 4.78 is 12.5. The maximum atomic E-state index is 5.67. The average Bonchev–Trinajstić information content (AvgIpc) is 0.758. The average molecular weight is 1790 g/mol. The van der Waals surface area contributed by atoms with Crippen LogP contribution in [-0.4, -0.2) is 29.5 Å². The first-order valence-electron chi connectivity index (χ1n) is 40.2. The maximum absolute atomic E-state index is 5.67. The van der Waals surface area contributed by atoms with Gasteiger partial charge in [0.1, 0.15) is 24.7 Å². The number of allylic oxidation sites excluding steroid dienone is 2. The number of aryl methyl sites for hydroxylation is 20. The predicted molar refractivity (Wildman–Crippen MR) is 531 cm³/mol. The molecule has 13 rings (SSSR count). The molecule has 2 aliphatic rings. The summed E-state index contributed by atoms with van der Waals surface area (Å²) in [4.78, 5) is 20.1. The Morgan fingerprint density at radius 2 is 0.720 bits per heavy atom. The van der Waals surface area contributed by atoms with E-state index in [1.165, 1.54) is 211 Å². The van der Waals surface area contributed by atoms with Gasteiger partial charge in [-0.05, 0) is 423 Å². The minimum atomic E-state index is 0.524. The van der Waals surface area contributed by atoms with E-state index in [-0.39, 0.29) is 0 Å². The molecule has 2 unspecified atom stereocenters. The molecule has 0 spiro atoms. The third kappa shape index (κ3) is 26.9. The van der Waals surface area contributed by atoms with Gasteiger partial charge in [0.15, 0.2) is 0 Å². The highest BCUT2D eigenvalue weighted by Gasteiger charge is 2.35. The van der Waals surface area contributed by atoms with Crippen molar-refractivity contribution in [3.05, 3.63) is 345 Å². The Morgan fingerprint density at radius 1 is 0.331 bits per heavy atom. The lowest BCUT2D eigenvalue weighted by Crippen LogP contribution is -2.27. The molecule has 2 atom stereocenters. The highest BCUT2D eigenvalue weighted by atomic mass is 79.9. The highest BCUT2D eigenvalue weighted by Crippen LogP contribution is 2.53. The fraction of sp³-hybridized carbons (Fsp3) is 0.283. The third-order valence-corrected chi connectivity index (χ3v) is 33.3. The van der Waals surface area contributed by atoms with Crippen molar-refractivity contribution in [1.29, 1.82) is 0 Å². The van der Waals surface area contributed by atoms with Gasteiger partial charge in [-0.3, -0.25) is 0 Å². The number of halogens is 1. The SMILES string of the molecule is C=CCOc1cc(C)c(Sc2c(C)cc(OCC=C)cc2C)c(C)c1.C=CCSc1cc(C)c(Sc2cc(C)cc(C)c2)c(C)c1.CC1=CC2Sc3c(cc(C)c(C)c3C)SC2C(C)=C1C.Cc1cc(C)cc(Sc2cc(C)cc(Sc3cc(C)cc(C)c3)c2)c1.Cc1ccc(Sc2cc(C)c(Sc3cc(C)c(Br)c(C)c3)cc2C)c(C)c1. The van der Waals surface area contributed by atoms with E-state index in [1.54, 1.807) is 17.7 Å². The summed E-state index contributed by atoms with van der Waals surface area (Å²) in [7, 11) is 0.